The summed E-state index contributed by atoms with van der Waals surface area (Å²) in [5.74, 6) is -0.428. The zero-order valence-corrected chi connectivity index (χ0v) is 9.12. The molecule has 0 amide bonds. The molecule has 0 aliphatic rings. The van der Waals surface area contributed by atoms with Gasteiger partial charge in [-0.25, -0.2) is 4.79 Å². The van der Waals surface area contributed by atoms with Crippen LogP contribution in [0.5, 0.6) is 0 Å². The van der Waals surface area contributed by atoms with Crippen LogP contribution in [-0.2, 0) is 9.53 Å². The van der Waals surface area contributed by atoms with Crippen LogP contribution < -0.4 is 0 Å². The number of rotatable bonds is 5. The first kappa shape index (κ1) is 12.2. The smallest absolute Gasteiger partial charge is 0.330 e. The molecule has 0 spiro atoms. The average molecular weight is 227 g/mol. The number of hydrogen-bond acceptors (Lipinski definition) is 5. The second-order valence-corrected chi connectivity index (χ2v) is 3.11. The molecule has 7 nitrogen and oxygen atoms in total. The summed E-state index contributed by atoms with van der Waals surface area (Å²) in [6, 6.07) is -0.603. The topological polar surface area (TPSA) is 87.3 Å². The first-order chi connectivity index (χ1) is 7.60. The Bertz CT molecular complexity index is 388. The zero-order chi connectivity index (χ0) is 12.1. The maximum atomic E-state index is 11.5. The molecule has 1 atom stereocenters. The van der Waals surface area contributed by atoms with Crippen LogP contribution in [0.4, 0.5) is 5.69 Å². The van der Waals surface area contributed by atoms with Gasteiger partial charge in [0.1, 0.15) is 18.4 Å². The number of esters is 1. The minimum atomic E-state index is -0.603. The number of aromatic nitrogens is 2. The standard InChI is InChI=1S/C9H13N3O4/c1-3-8(9(13)16-4-2)11-6-7(5-10-11)12(14)15/h5-6,8H,3-4H2,1-2H3/t8-/m1/s1. The van der Waals surface area contributed by atoms with E-state index in [0.717, 1.165) is 6.20 Å². The quantitative estimate of drug-likeness (QED) is 0.430. The van der Waals surface area contributed by atoms with Gasteiger partial charge >= 0.3 is 11.7 Å². The van der Waals surface area contributed by atoms with Crippen molar-refractivity contribution in [3.05, 3.63) is 22.5 Å². The second kappa shape index (κ2) is 5.24. The summed E-state index contributed by atoms with van der Waals surface area (Å²) in [5, 5.41) is 14.2. The molecule has 0 saturated heterocycles. The first-order valence-electron chi connectivity index (χ1n) is 4.95. The van der Waals surface area contributed by atoms with Crippen LogP contribution in [0, 0.1) is 10.1 Å². The number of nitro groups is 1. The Labute approximate surface area is 92.2 Å². The van der Waals surface area contributed by atoms with E-state index in [1.165, 1.54) is 10.9 Å². The molecule has 1 heterocycles. The Kier molecular flexibility index (Phi) is 3.98. The van der Waals surface area contributed by atoms with Gasteiger partial charge in [-0.05, 0) is 13.3 Å². The maximum absolute atomic E-state index is 11.5. The van der Waals surface area contributed by atoms with E-state index in [2.05, 4.69) is 5.10 Å². The van der Waals surface area contributed by atoms with Gasteiger partial charge in [0.15, 0.2) is 0 Å². The van der Waals surface area contributed by atoms with Crippen LogP contribution in [0.2, 0.25) is 0 Å². The SMILES string of the molecule is CCOC(=O)[C@@H](CC)n1cc([N+](=O)[O-])cn1. The Morgan fingerprint density at radius 2 is 2.38 bits per heavy atom. The number of ether oxygens (including phenoxy) is 1. The molecule has 0 aliphatic heterocycles. The van der Waals surface area contributed by atoms with Gasteiger partial charge < -0.3 is 4.74 Å². The molecule has 0 unspecified atom stereocenters. The van der Waals surface area contributed by atoms with Crippen molar-refractivity contribution in [1.82, 2.24) is 9.78 Å². The van der Waals surface area contributed by atoms with Crippen LogP contribution in [0.15, 0.2) is 12.4 Å². The number of hydrogen-bond donors (Lipinski definition) is 0. The van der Waals surface area contributed by atoms with Gasteiger partial charge in [0.05, 0.1) is 11.5 Å². The fourth-order valence-corrected chi connectivity index (χ4v) is 1.29. The van der Waals surface area contributed by atoms with E-state index < -0.39 is 16.9 Å². The largest absolute Gasteiger partial charge is 0.464 e. The molecule has 1 rings (SSSR count). The molecule has 0 aromatic carbocycles. The van der Waals surface area contributed by atoms with Gasteiger partial charge in [-0.15, -0.1) is 0 Å². The van der Waals surface area contributed by atoms with Crippen molar-refractivity contribution >= 4 is 11.7 Å². The molecule has 1 aromatic rings. The highest BCUT2D eigenvalue weighted by molar-refractivity contribution is 5.74. The van der Waals surface area contributed by atoms with Crippen LogP contribution in [0.3, 0.4) is 0 Å². The van der Waals surface area contributed by atoms with Crippen molar-refractivity contribution in [2.45, 2.75) is 26.3 Å². The lowest BCUT2D eigenvalue weighted by atomic mass is 10.2. The van der Waals surface area contributed by atoms with Crippen molar-refractivity contribution < 1.29 is 14.5 Å². The molecular weight excluding hydrogens is 214 g/mol. The van der Waals surface area contributed by atoms with Crippen LogP contribution in [0.1, 0.15) is 26.3 Å². The van der Waals surface area contributed by atoms with Crippen molar-refractivity contribution in [2.75, 3.05) is 6.61 Å². The molecule has 0 N–H and O–H groups in total. The Morgan fingerprint density at radius 3 is 2.81 bits per heavy atom. The molecular formula is C9H13N3O4. The molecule has 0 aliphatic carbocycles. The summed E-state index contributed by atoms with van der Waals surface area (Å²) >= 11 is 0. The lowest BCUT2D eigenvalue weighted by Crippen LogP contribution is -2.21. The van der Waals surface area contributed by atoms with Gasteiger partial charge in [0, 0.05) is 0 Å². The molecule has 0 fully saturated rings. The second-order valence-electron chi connectivity index (χ2n) is 3.11. The number of carbonyl (C=O) groups is 1. The van der Waals surface area contributed by atoms with E-state index in [4.69, 9.17) is 4.74 Å². The fourth-order valence-electron chi connectivity index (χ4n) is 1.29. The van der Waals surface area contributed by atoms with Gasteiger partial charge in [0.25, 0.3) is 0 Å². The van der Waals surface area contributed by atoms with Crippen LogP contribution >= 0.6 is 0 Å². The predicted octanol–water partition coefficient (Wildman–Crippen LogP) is 1.31. The van der Waals surface area contributed by atoms with E-state index >= 15 is 0 Å². The summed E-state index contributed by atoms with van der Waals surface area (Å²) in [5.41, 5.74) is -0.136. The zero-order valence-electron chi connectivity index (χ0n) is 9.12. The average Bonchev–Trinajstić information content (AvgIpc) is 2.68. The number of carbonyl (C=O) groups excluding carboxylic acids is 1. The van der Waals surface area contributed by atoms with Gasteiger partial charge in [-0.2, -0.15) is 5.10 Å². The van der Waals surface area contributed by atoms with Crippen LogP contribution in [0.25, 0.3) is 0 Å². The maximum Gasteiger partial charge on any atom is 0.330 e. The van der Waals surface area contributed by atoms with E-state index in [0.29, 0.717) is 6.42 Å². The highest BCUT2D eigenvalue weighted by Crippen LogP contribution is 2.16. The van der Waals surface area contributed by atoms with E-state index in [1.54, 1.807) is 13.8 Å². The molecule has 88 valence electrons. The minimum absolute atomic E-state index is 0.136. The molecule has 16 heavy (non-hydrogen) atoms. The summed E-state index contributed by atoms with van der Waals surface area (Å²) in [6.07, 6.45) is 2.81. The highest BCUT2D eigenvalue weighted by atomic mass is 16.6. The van der Waals surface area contributed by atoms with E-state index in [9.17, 15) is 14.9 Å². The number of nitrogens with zero attached hydrogens (tertiary/aromatic N) is 3. The third-order valence-corrected chi connectivity index (χ3v) is 2.06. The molecule has 1 aromatic heterocycles. The summed E-state index contributed by atoms with van der Waals surface area (Å²) in [4.78, 5) is 21.4. The summed E-state index contributed by atoms with van der Waals surface area (Å²) in [6.45, 7) is 3.77. The highest BCUT2D eigenvalue weighted by Gasteiger charge is 2.22. The van der Waals surface area contributed by atoms with Crippen molar-refractivity contribution in [3.8, 4) is 0 Å². The lowest BCUT2D eigenvalue weighted by molar-refractivity contribution is -0.385. The van der Waals surface area contributed by atoms with Crippen molar-refractivity contribution in [1.29, 1.82) is 0 Å². The lowest BCUT2D eigenvalue weighted by Gasteiger charge is -2.12. The minimum Gasteiger partial charge on any atom is -0.464 e. The third-order valence-electron chi connectivity index (χ3n) is 2.06. The predicted molar refractivity (Wildman–Crippen MR) is 54.8 cm³/mol. The monoisotopic (exact) mass is 227 g/mol. The van der Waals surface area contributed by atoms with Gasteiger partial charge in [-0.1, -0.05) is 6.92 Å². The van der Waals surface area contributed by atoms with E-state index in [-0.39, 0.29) is 12.3 Å². The van der Waals surface area contributed by atoms with E-state index in [1.807, 2.05) is 0 Å². The van der Waals surface area contributed by atoms with Gasteiger partial charge in [0.2, 0.25) is 0 Å². The summed E-state index contributed by atoms with van der Waals surface area (Å²) < 4.78 is 6.11. The molecule has 0 radical (unpaired) electrons. The van der Waals surface area contributed by atoms with Crippen molar-refractivity contribution in [2.24, 2.45) is 0 Å². The molecule has 7 heteroatoms. The molecule has 0 bridgehead atoms. The third kappa shape index (κ3) is 2.56. The van der Waals surface area contributed by atoms with Crippen LogP contribution in [-0.4, -0.2) is 27.3 Å². The van der Waals surface area contributed by atoms with Gasteiger partial charge in [-0.3, -0.25) is 14.8 Å². The Morgan fingerprint density at radius 1 is 1.69 bits per heavy atom. The summed E-state index contributed by atoms with van der Waals surface area (Å²) in [7, 11) is 0. The normalized spacial score (nSPS) is 12.1. The fraction of sp³-hybridized carbons (Fsp3) is 0.556. The Hall–Kier alpha value is -1.92. The van der Waals surface area contributed by atoms with Crippen molar-refractivity contribution in [3.63, 3.8) is 0 Å². The Balaban J connectivity index is 2.86. The molecule has 0 saturated carbocycles. The first-order valence-corrected chi connectivity index (χ1v) is 4.95.